The molecule has 0 bridgehead atoms. The number of alkyl halides is 1. The molecule has 1 aromatic rings. The van der Waals surface area contributed by atoms with E-state index in [2.05, 4.69) is 33.3 Å². The Morgan fingerprint density at radius 3 is 2.71 bits per heavy atom. The van der Waals surface area contributed by atoms with Gasteiger partial charge in [-0.05, 0) is 40.6 Å². The van der Waals surface area contributed by atoms with Gasteiger partial charge in [-0.3, -0.25) is 4.68 Å². The highest BCUT2D eigenvalue weighted by atomic mass is 79.9. The van der Waals surface area contributed by atoms with Crippen molar-refractivity contribution in [2.24, 2.45) is 12.5 Å². The van der Waals surface area contributed by atoms with Crippen LogP contribution in [0.4, 0.5) is 0 Å². The van der Waals surface area contributed by atoms with Gasteiger partial charge in [0.25, 0.3) is 0 Å². The van der Waals surface area contributed by atoms with E-state index in [1.165, 1.54) is 18.5 Å². The van der Waals surface area contributed by atoms with E-state index < -0.39 is 0 Å². The zero-order chi connectivity index (χ0) is 12.5. The third kappa shape index (κ3) is 2.85. The molecule has 0 spiro atoms. The first-order valence-corrected chi connectivity index (χ1v) is 7.41. The fourth-order valence-corrected chi connectivity index (χ4v) is 3.11. The lowest BCUT2D eigenvalue weighted by molar-refractivity contribution is 0.494. The second kappa shape index (κ2) is 5.29. The van der Waals surface area contributed by atoms with Gasteiger partial charge < -0.3 is 5.32 Å². The van der Waals surface area contributed by atoms with Crippen molar-refractivity contribution in [3.05, 3.63) is 15.9 Å². The van der Waals surface area contributed by atoms with Gasteiger partial charge in [-0.1, -0.05) is 6.92 Å². The van der Waals surface area contributed by atoms with Gasteiger partial charge in [0.1, 0.15) is 0 Å². The molecule has 0 amide bonds. The van der Waals surface area contributed by atoms with E-state index in [1.54, 1.807) is 0 Å². The first-order valence-electron chi connectivity index (χ1n) is 6.09. The van der Waals surface area contributed by atoms with Crippen LogP contribution in [-0.2, 0) is 20.0 Å². The van der Waals surface area contributed by atoms with Gasteiger partial charge in [0.15, 0.2) is 0 Å². The molecule has 17 heavy (non-hydrogen) atoms. The van der Waals surface area contributed by atoms with Crippen molar-refractivity contribution in [3.8, 4) is 0 Å². The van der Waals surface area contributed by atoms with Gasteiger partial charge in [0.05, 0.1) is 15.9 Å². The Morgan fingerprint density at radius 1 is 1.53 bits per heavy atom. The number of rotatable bonds is 6. The van der Waals surface area contributed by atoms with Crippen molar-refractivity contribution < 1.29 is 0 Å². The summed E-state index contributed by atoms with van der Waals surface area (Å²) in [6.07, 6.45) is 3.48. The van der Waals surface area contributed by atoms with Crippen molar-refractivity contribution in [3.63, 3.8) is 0 Å². The van der Waals surface area contributed by atoms with Gasteiger partial charge >= 0.3 is 0 Å². The van der Waals surface area contributed by atoms with Crippen LogP contribution in [0.2, 0.25) is 0 Å². The van der Waals surface area contributed by atoms with Crippen LogP contribution in [0.5, 0.6) is 0 Å². The average Bonchev–Trinajstić information content (AvgIpc) is 3.05. The Hall–Kier alpha value is -0.0600. The molecule has 1 N–H and O–H groups in total. The van der Waals surface area contributed by atoms with Crippen molar-refractivity contribution in [2.75, 3.05) is 12.4 Å². The van der Waals surface area contributed by atoms with Crippen LogP contribution in [0.1, 0.15) is 31.2 Å². The summed E-state index contributed by atoms with van der Waals surface area (Å²) in [5, 5.41) is 7.98. The van der Waals surface area contributed by atoms with E-state index in [0.717, 1.165) is 35.6 Å². The zero-order valence-corrected chi connectivity index (χ0v) is 12.7. The van der Waals surface area contributed by atoms with Gasteiger partial charge in [-0.25, -0.2) is 0 Å². The molecular weight excluding hydrogens is 302 g/mol. The minimum absolute atomic E-state index is 0.375. The number of aryl methyl sites for hydroxylation is 2. The number of hydrogen-bond donors (Lipinski definition) is 1. The van der Waals surface area contributed by atoms with Crippen LogP contribution in [-0.4, -0.2) is 22.2 Å². The fraction of sp³-hybridized carbons (Fsp3) is 0.750. The molecule has 1 aliphatic carbocycles. The average molecular weight is 321 g/mol. The summed E-state index contributed by atoms with van der Waals surface area (Å²) in [5.74, 6) is 0.771. The van der Waals surface area contributed by atoms with Crippen LogP contribution < -0.4 is 5.32 Å². The second-order valence-electron chi connectivity index (χ2n) is 4.92. The molecule has 0 unspecified atom stereocenters. The third-order valence-corrected chi connectivity index (χ3v) is 5.02. The maximum absolute atomic E-state index is 5.96. The predicted molar refractivity (Wildman–Crippen MR) is 74.4 cm³/mol. The lowest BCUT2D eigenvalue weighted by Crippen LogP contribution is -2.25. The van der Waals surface area contributed by atoms with E-state index in [9.17, 15) is 0 Å². The van der Waals surface area contributed by atoms with Gasteiger partial charge in [0, 0.05) is 26.0 Å². The van der Waals surface area contributed by atoms with Crippen molar-refractivity contribution in [1.82, 2.24) is 15.1 Å². The summed E-state index contributed by atoms with van der Waals surface area (Å²) >= 11 is 9.59. The lowest BCUT2D eigenvalue weighted by Gasteiger charge is -2.12. The quantitative estimate of drug-likeness (QED) is 0.817. The van der Waals surface area contributed by atoms with E-state index in [0.29, 0.717) is 5.41 Å². The van der Waals surface area contributed by atoms with Gasteiger partial charge in [-0.15, -0.1) is 11.6 Å². The summed E-state index contributed by atoms with van der Waals surface area (Å²) in [5.41, 5.74) is 2.72. The van der Waals surface area contributed by atoms with E-state index in [1.807, 2.05) is 11.7 Å². The Morgan fingerprint density at radius 2 is 2.24 bits per heavy atom. The highest BCUT2D eigenvalue weighted by Gasteiger charge is 2.41. The van der Waals surface area contributed by atoms with Crippen LogP contribution in [0.25, 0.3) is 0 Å². The maximum Gasteiger partial charge on any atom is 0.0767 e. The molecule has 1 saturated carbocycles. The molecule has 1 fully saturated rings. The molecule has 1 aromatic heterocycles. The normalized spacial score (nSPS) is 17.4. The van der Waals surface area contributed by atoms with Crippen LogP contribution >= 0.6 is 27.5 Å². The molecule has 0 atom stereocenters. The second-order valence-corrected chi connectivity index (χ2v) is 5.98. The summed E-state index contributed by atoms with van der Waals surface area (Å²) in [7, 11) is 2.00. The molecular formula is C12H19BrClN3. The lowest BCUT2D eigenvalue weighted by atomic mass is 10.1. The predicted octanol–water partition coefficient (Wildman–Crippen LogP) is 2.85. The maximum atomic E-state index is 5.96. The van der Waals surface area contributed by atoms with Gasteiger partial charge in [-0.2, -0.15) is 5.10 Å². The van der Waals surface area contributed by atoms with E-state index in [-0.39, 0.29) is 0 Å². The molecule has 0 radical (unpaired) electrons. The van der Waals surface area contributed by atoms with E-state index in [4.69, 9.17) is 11.6 Å². The Labute approximate surface area is 116 Å². The molecule has 0 aliphatic heterocycles. The number of hydrogen-bond acceptors (Lipinski definition) is 2. The standard InChI is InChI=1S/C12H19BrClN3/c1-3-9-11(13)10(17(2)16-9)6-15-8-12(7-14)4-5-12/h15H,3-8H2,1-2H3. The first-order chi connectivity index (χ1) is 8.12. The number of nitrogens with one attached hydrogen (secondary N) is 1. The highest BCUT2D eigenvalue weighted by Crippen LogP contribution is 2.45. The monoisotopic (exact) mass is 319 g/mol. The molecule has 1 heterocycles. The Kier molecular flexibility index (Phi) is 4.16. The number of halogens is 2. The first kappa shape index (κ1) is 13.4. The third-order valence-electron chi connectivity index (χ3n) is 3.54. The Bertz CT molecular complexity index is 399. The Balaban J connectivity index is 1.92. The summed E-state index contributed by atoms with van der Waals surface area (Å²) < 4.78 is 3.10. The van der Waals surface area contributed by atoms with Crippen LogP contribution in [0.3, 0.4) is 0 Å². The van der Waals surface area contributed by atoms with Crippen molar-refractivity contribution in [2.45, 2.75) is 32.7 Å². The van der Waals surface area contributed by atoms with Crippen molar-refractivity contribution in [1.29, 1.82) is 0 Å². The molecule has 96 valence electrons. The highest BCUT2D eigenvalue weighted by molar-refractivity contribution is 9.10. The minimum atomic E-state index is 0.375. The topological polar surface area (TPSA) is 29.9 Å². The molecule has 5 heteroatoms. The molecule has 0 aromatic carbocycles. The largest absolute Gasteiger partial charge is 0.311 e. The van der Waals surface area contributed by atoms with E-state index >= 15 is 0 Å². The number of nitrogens with zero attached hydrogens (tertiary/aromatic N) is 2. The molecule has 3 nitrogen and oxygen atoms in total. The summed E-state index contributed by atoms with van der Waals surface area (Å²) in [6.45, 7) is 3.98. The molecule has 1 aliphatic rings. The van der Waals surface area contributed by atoms with Crippen LogP contribution in [0.15, 0.2) is 4.47 Å². The number of aromatic nitrogens is 2. The molecule has 2 rings (SSSR count). The summed E-state index contributed by atoms with van der Waals surface area (Å²) in [6, 6.07) is 0. The van der Waals surface area contributed by atoms with Crippen LogP contribution in [0, 0.1) is 5.41 Å². The SMILES string of the molecule is CCc1nn(C)c(CNCC2(CCl)CC2)c1Br. The van der Waals surface area contributed by atoms with Crippen molar-refractivity contribution >= 4 is 27.5 Å². The summed E-state index contributed by atoms with van der Waals surface area (Å²) in [4.78, 5) is 0. The minimum Gasteiger partial charge on any atom is -0.311 e. The van der Waals surface area contributed by atoms with Gasteiger partial charge in [0.2, 0.25) is 0 Å². The molecule has 0 saturated heterocycles. The smallest absolute Gasteiger partial charge is 0.0767 e. The fourth-order valence-electron chi connectivity index (χ4n) is 1.99. The zero-order valence-electron chi connectivity index (χ0n) is 10.4.